The number of allylic oxidation sites excluding steroid dienone is 1. The summed E-state index contributed by atoms with van der Waals surface area (Å²) in [6, 6.07) is 13.4. The van der Waals surface area contributed by atoms with Crippen LogP contribution in [0.2, 0.25) is 0 Å². The van der Waals surface area contributed by atoms with Crippen LogP contribution in [0.15, 0.2) is 66.3 Å². The monoisotopic (exact) mass is 427 g/mol. The summed E-state index contributed by atoms with van der Waals surface area (Å²) >= 11 is 1.64. The molecule has 0 saturated heterocycles. The highest BCUT2D eigenvalue weighted by Crippen LogP contribution is 2.35. The Bertz CT molecular complexity index is 1200. The molecule has 4 N–H and O–H groups in total. The van der Waals surface area contributed by atoms with E-state index in [0.29, 0.717) is 18.2 Å². The molecule has 5 rings (SSSR count). The molecule has 0 aliphatic heterocycles. The van der Waals surface area contributed by atoms with Crippen molar-refractivity contribution in [1.29, 1.82) is 0 Å². The Labute approximate surface area is 185 Å². The second-order valence-corrected chi connectivity index (χ2v) is 8.99. The molecule has 3 heterocycles. The van der Waals surface area contributed by atoms with E-state index in [1.165, 1.54) is 18.4 Å². The second kappa shape index (κ2) is 8.67. The Balaban J connectivity index is 1.56. The van der Waals surface area contributed by atoms with E-state index in [1.807, 2.05) is 30.3 Å². The molecule has 1 saturated carbocycles. The van der Waals surface area contributed by atoms with Crippen molar-refractivity contribution in [3.05, 3.63) is 83.1 Å². The topological polar surface area (TPSA) is 90.7 Å². The summed E-state index contributed by atoms with van der Waals surface area (Å²) in [6.07, 6.45) is 11.2. The molecule has 0 amide bonds. The Morgan fingerprint density at radius 1 is 1.03 bits per heavy atom. The molecule has 6 heteroatoms. The van der Waals surface area contributed by atoms with Crippen LogP contribution in [0.4, 0.5) is 0 Å². The Kier molecular flexibility index (Phi) is 5.59. The molecule has 0 spiro atoms. The van der Waals surface area contributed by atoms with Crippen molar-refractivity contribution in [3.8, 4) is 11.4 Å². The SMILES string of the molecule is NC(Cc1ccccc1)C(N)c1nc(-c2ccncc2)nc2c(/C=C/C3CC3)csc12. The van der Waals surface area contributed by atoms with Gasteiger partial charge in [0.2, 0.25) is 0 Å². The lowest BCUT2D eigenvalue weighted by atomic mass is 9.98. The van der Waals surface area contributed by atoms with E-state index < -0.39 is 6.04 Å². The molecule has 31 heavy (non-hydrogen) atoms. The summed E-state index contributed by atoms with van der Waals surface area (Å²) in [4.78, 5) is 13.9. The molecule has 5 nitrogen and oxygen atoms in total. The van der Waals surface area contributed by atoms with Crippen LogP contribution >= 0.6 is 11.3 Å². The molecule has 1 aliphatic carbocycles. The van der Waals surface area contributed by atoms with Gasteiger partial charge < -0.3 is 11.5 Å². The fourth-order valence-electron chi connectivity index (χ4n) is 3.68. The third-order valence-electron chi connectivity index (χ3n) is 5.67. The predicted molar refractivity (Wildman–Crippen MR) is 127 cm³/mol. The van der Waals surface area contributed by atoms with Gasteiger partial charge in [0, 0.05) is 34.9 Å². The van der Waals surface area contributed by atoms with Crippen LogP contribution in [0, 0.1) is 5.92 Å². The largest absolute Gasteiger partial charge is 0.326 e. The zero-order valence-corrected chi connectivity index (χ0v) is 18.0. The molecule has 4 aromatic rings. The fraction of sp³-hybridized carbons (Fsp3) is 0.240. The van der Waals surface area contributed by atoms with Gasteiger partial charge in [-0.3, -0.25) is 4.98 Å². The summed E-state index contributed by atoms with van der Waals surface area (Å²) in [5, 5.41) is 2.15. The average molecular weight is 428 g/mol. The van der Waals surface area contributed by atoms with Crippen LogP contribution in [0.5, 0.6) is 0 Å². The first-order valence-corrected chi connectivity index (χ1v) is 11.5. The summed E-state index contributed by atoms with van der Waals surface area (Å²) in [6.45, 7) is 0. The van der Waals surface area contributed by atoms with Crippen molar-refractivity contribution < 1.29 is 0 Å². The molecule has 156 valence electrons. The van der Waals surface area contributed by atoms with Gasteiger partial charge in [-0.15, -0.1) is 11.3 Å². The highest BCUT2D eigenvalue weighted by Gasteiger charge is 2.24. The molecule has 1 aliphatic rings. The first-order valence-electron chi connectivity index (χ1n) is 10.6. The number of hydrogen-bond acceptors (Lipinski definition) is 6. The van der Waals surface area contributed by atoms with Gasteiger partial charge in [0.25, 0.3) is 0 Å². The highest BCUT2D eigenvalue weighted by molar-refractivity contribution is 7.17. The van der Waals surface area contributed by atoms with Gasteiger partial charge in [-0.25, -0.2) is 9.97 Å². The van der Waals surface area contributed by atoms with Crippen LogP contribution in [0.3, 0.4) is 0 Å². The molecule has 1 aromatic carbocycles. The van der Waals surface area contributed by atoms with Gasteiger partial charge in [-0.1, -0.05) is 42.5 Å². The van der Waals surface area contributed by atoms with Crippen molar-refractivity contribution in [2.45, 2.75) is 31.3 Å². The molecule has 1 fully saturated rings. The third kappa shape index (κ3) is 4.42. The van der Waals surface area contributed by atoms with Gasteiger partial charge in [-0.05, 0) is 42.9 Å². The smallest absolute Gasteiger partial charge is 0.160 e. The van der Waals surface area contributed by atoms with E-state index in [2.05, 4.69) is 34.6 Å². The van der Waals surface area contributed by atoms with Crippen LogP contribution in [-0.4, -0.2) is 21.0 Å². The van der Waals surface area contributed by atoms with E-state index in [1.54, 1.807) is 23.7 Å². The van der Waals surface area contributed by atoms with Gasteiger partial charge in [0.15, 0.2) is 5.82 Å². The maximum absolute atomic E-state index is 6.70. The molecule has 3 aromatic heterocycles. The van der Waals surface area contributed by atoms with E-state index in [4.69, 9.17) is 21.4 Å². The molecule has 2 atom stereocenters. The molecule has 0 radical (unpaired) electrons. The van der Waals surface area contributed by atoms with Crippen molar-refractivity contribution in [2.75, 3.05) is 0 Å². The number of thiophene rings is 1. The number of fused-ring (bicyclic) bond motifs is 1. The number of nitrogens with two attached hydrogens (primary N) is 2. The van der Waals surface area contributed by atoms with Crippen molar-refractivity contribution in [1.82, 2.24) is 15.0 Å². The van der Waals surface area contributed by atoms with Crippen molar-refractivity contribution >= 4 is 27.6 Å². The minimum Gasteiger partial charge on any atom is -0.326 e. The quantitative estimate of drug-likeness (QED) is 0.444. The predicted octanol–water partition coefficient (Wildman–Crippen LogP) is 4.75. The third-order valence-corrected chi connectivity index (χ3v) is 6.68. The van der Waals surface area contributed by atoms with Gasteiger partial charge >= 0.3 is 0 Å². The summed E-state index contributed by atoms with van der Waals surface area (Å²) in [7, 11) is 0. The standard InChI is InChI=1S/C25H25N5S/c26-20(14-17-4-2-1-3-5-17)21(27)23-24-22(19(15-31-24)9-8-16-6-7-16)29-25(30-23)18-10-12-28-13-11-18/h1-5,8-13,15-16,20-21H,6-7,14,26-27H2/b9-8+. The minimum atomic E-state index is -0.398. The van der Waals surface area contributed by atoms with Gasteiger partial charge in [0.05, 0.1) is 22.0 Å². The summed E-state index contributed by atoms with van der Waals surface area (Å²) < 4.78 is 1.02. The van der Waals surface area contributed by atoms with Crippen molar-refractivity contribution in [3.63, 3.8) is 0 Å². The zero-order chi connectivity index (χ0) is 21.2. The number of aromatic nitrogens is 3. The lowest BCUT2D eigenvalue weighted by Gasteiger charge is -2.20. The number of benzene rings is 1. The van der Waals surface area contributed by atoms with Crippen molar-refractivity contribution in [2.24, 2.45) is 17.4 Å². The van der Waals surface area contributed by atoms with Crippen LogP contribution in [-0.2, 0) is 6.42 Å². The maximum atomic E-state index is 6.70. The number of hydrogen-bond donors (Lipinski definition) is 2. The summed E-state index contributed by atoms with van der Waals surface area (Å²) in [5.41, 5.74) is 18.2. The van der Waals surface area contributed by atoms with Crippen LogP contribution in [0.25, 0.3) is 27.7 Å². The highest BCUT2D eigenvalue weighted by atomic mass is 32.1. The molecule has 0 bridgehead atoms. The van der Waals surface area contributed by atoms with E-state index >= 15 is 0 Å². The molecular formula is C25H25N5S. The van der Waals surface area contributed by atoms with E-state index in [0.717, 1.165) is 27.0 Å². The Morgan fingerprint density at radius 2 is 1.81 bits per heavy atom. The van der Waals surface area contributed by atoms with Gasteiger partial charge in [-0.2, -0.15) is 0 Å². The normalized spacial score (nSPS) is 16.1. The minimum absolute atomic E-state index is 0.252. The lowest BCUT2D eigenvalue weighted by Crippen LogP contribution is -2.36. The molecular weight excluding hydrogens is 402 g/mol. The average Bonchev–Trinajstić information content (AvgIpc) is 3.56. The first-order chi connectivity index (χ1) is 15.2. The number of nitrogens with zero attached hydrogens (tertiary/aromatic N) is 3. The maximum Gasteiger partial charge on any atom is 0.160 e. The van der Waals surface area contributed by atoms with Crippen LogP contribution in [0.1, 0.15) is 35.7 Å². The Hall–Kier alpha value is -2.93. The first kappa shape index (κ1) is 20.0. The second-order valence-electron chi connectivity index (χ2n) is 8.11. The Morgan fingerprint density at radius 3 is 2.55 bits per heavy atom. The zero-order valence-electron chi connectivity index (χ0n) is 17.2. The number of rotatable bonds is 7. The van der Waals surface area contributed by atoms with Crippen LogP contribution < -0.4 is 11.5 Å². The summed E-state index contributed by atoms with van der Waals surface area (Å²) in [5.74, 6) is 1.37. The number of pyridine rings is 1. The lowest BCUT2D eigenvalue weighted by molar-refractivity contribution is 0.537. The fourth-order valence-corrected chi connectivity index (χ4v) is 4.69. The van der Waals surface area contributed by atoms with E-state index in [9.17, 15) is 0 Å². The van der Waals surface area contributed by atoms with E-state index in [-0.39, 0.29) is 6.04 Å². The van der Waals surface area contributed by atoms with Gasteiger partial charge in [0.1, 0.15) is 0 Å². The molecule has 2 unspecified atom stereocenters.